The molecule has 0 saturated heterocycles. The second-order valence-electron chi connectivity index (χ2n) is 9.09. The quantitative estimate of drug-likeness (QED) is 0.579. The molecule has 0 aliphatic heterocycles. The Hall–Kier alpha value is -2.27. The number of nitrogens with zero attached hydrogens (tertiary/aromatic N) is 1. The molecule has 0 spiro atoms. The molecule has 31 heavy (non-hydrogen) atoms. The van der Waals surface area contributed by atoms with Crippen molar-refractivity contribution in [2.24, 2.45) is 0 Å². The SMILES string of the molecule is CC[C@H](C(=O)NC(C)(C)C)N(Cc1cccc(C)c1)C(=O)CSCc1ccccc1C. The molecular formula is C26H36N2O2S. The predicted octanol–water partition coefficient (Wildman–Crippen LogP) is 5.26. The lowest BCUT2D eigenvalue weighted by Gasteiger charge is -2.33. The fourth-order valence-corrected chi connectivity index (χ4v) is 4.47. The van der Waals surface area contributed by atoms with Crippen molar-refractivity contribution >= 4 is 23.6 Å². The first kappa shape index (κ1) is 25.0. The lowest BCUT2D eigenvalue weighted by Crippen LogP contribution is -2.53. The first-order valence-corrected chi connectivity index (χ1v) is 12.1. The summed E-state index contributed by atoms with van der Waals surface area (Å²) in [5, 5.41) is 3.05. The van der Waals surface area contributed by atoms with Crippen molar-refractivity contribution in [3.8, 4) is 0 Å². The summed E-state index contributed by atoms with van der Waals surface area (Å²) in [6.07, 6.45) is 0.571. The number of benzene rings is 2. The highest BCUT2D eigenvalue weighted by atomic mass is 32.2. The number of hydrogen-bond acceptors (Lipinski definition) is 3. The highest BCUT2D eigenvalue weighted by Gasteiger charge is 2.30. The van der Waals surface area contributed by atoms with E-state index >= 15 is 0 Å². The summed E-state index contributed by atoms with van der Waals surface area (Å²) in [4.78, 5) is 28.1. The first-order chi connectivity index (χ1) is 14.6. The van der Waals surface area contributed by atoms with E-state index < -0.39 is 6.04 Å². The van der Waals surface area contributed by atoms with E-state index in [1.165, 1.54) is 11.1 Å². The van der Waals surface area contributed by atoms with E-state index in [-0.39, 0.29) is 17.4 Å². The van der Waals surface area contributed by atoms with Gasteiger partial charge in [-0.25, -0.2) is 0 Å². The average Bonchev–Trinajstić information content (AvgIpc) is 2.68. The molecule has 2 rings (SSSR count). The van der Waals surface area contributed by atoms with Crippen molar-refractivity contribution < 1.29 is 9.59 Å². The van der Waals surface area contributed by atoms with E-state index in [4.69, 9.17) is 0 Å². The largest absolute Gasteiger partial charge is 0.350 e. The molecule has 0 aliphatic rings. The topological polar surface area (TPSA) is 49.4 Å². The van der Waals surface area contributed by atoms with E-state index in [2.05, 4.69) is 30.4 Å². The van der Waals surface area contributed by atoms with Gasteiger partial charge in [0.1, 0.15) is 6.04 Å². The van der Waals surface area contributed by atoms with Crippen molar-refractivity contribution in [1.82, 2.24) is 10.2 Å². The van der Waals surface area contributed by atoms with Crippen LogP contribution < -0.4 is 5.32 Å². The van der Waals surface area contributed by atoms with E-state index in [0.29, 0.717) is 18.7 Å². The summed E-state index contributed by atoms with van der Waals surface area (Å²) in [6.45, 7) is 12.4. The third kappa shape index (κ3) is 8.06. The summed E-state index contributed by atoms with van der Waals surface area (Å²) in [7, 11) is 0. The Morgan fingerprint density at radius 3 is 2.39 bits per heavy atom. The number of aryl methyl sites for hydroxylation is 2. The minimum atomic E-state index is -0.494. The molecule has 1 N–H and O–H groups in total. The minimum Gasteiger partial charge on any atom is -0.350 e. The molecule has 0 unspecified atom stereocenters. The molecule has 2 amide bonds. The van der Waals surface area contributed by atoms with Crippen LogP contribution in [-0.2, 0) is 21.9 Å². The van der Waals surface area contributed by atoms with Crippen LogP contribution in [0.4, 0.5) is 0 Å². The fourth-order valence-electron chi connectivity index (χ4n) is 3.48. The van der Waals surface area contributed by atoms with Crippen LogP contribution in [-0.4, -0.2) is 34.0 Å². The molecule has 0 fully saturated rings. The summed E-state index contributed by atoms with van der Waals surface area (Å²) in [6, 6.07) is 15.9. The van der Waals surface area contributed by atoms with Crippen molar-refractivity contribution in [1.29, 1.82) is 0 Å². The van der Waals surface area contributed by atoms with Gasteiger partial charge in [-0.3, -0.25) is 9.59 Å². The van der Waals surface area contributed by atoms with Crippen LogP contribution >= 0.6 is 11.8 Å². The Labute approximate surface area is 191 Å². The Kier molecular flexibility index (Phi) is 9.17. The molecule has 2 aromatic rings. The second kappa shape index (κ2) is 11.4. The van der Waals surface area contributed by atoms with Gasteiger partial charge in [0.05, 0.1) is 5.75 Å². The predicted molar refractivity (Wildman–Crippen MR) is 131 cm³/mol. The van der Waals surface area contributed by atoms with Crippen LogP contribution in [0.3, 0.4) is 0 Å². The Bertz CT molecular complexity index is 889. The Morgan fingerprint density at radius 1 is 1.06 bits per heavy atom. The maximum absolute atomic E-state index is 13.3. The molecule has 1 atom stereocenters. The number of thioether (sulfide) groups is 1. The van der Waals surface area contributed by atoms with Gasteiger partial charge in [0, 0.05) is 17.8 Å². The highest BCUT2D eigenvalue weighted by Crippen LogP contribution is 2.19. The summed E-state index contributed by atoms with van der Waals surface area (Å²) in [5.74, 6) is 1.03. The normalized spacial score (nSPS) is 12.3. The van der Waals surface area contributed by atoms with Gasteiger partial charge < -0.3 is 10.2 Å². The lowest BCUT2D eigenvalue weighted by atomic mass is 10.1. The molecule has 0 bridgehead atoms. The Balaban J connectivity index is 2.17. The molecule has 0 aliphatic carbocycles. The lowest BCUT2D eigenvalue weighted by molar-refractivity contribution is -0.140. The van der Waals surface area contributed by atoms with E-state index in [9.17, 15) is 9.59 Å². The van der Waals surface area contributed by atoms with E-state index in [1.54, 1.807) is 16.7 Å². The average molecular weight is 441 g/mol. The van der Waals surface area contributed by atoms with Crippen molar-refractivity contribution in [3.05, 3.63) is 70.8 Å². The van der Waals surface area contributed by atoms with Crippen LogP contribution in [0.2, 0.25) is 0 Å². The van der Waals surface area contributed by atoms with Gasteiger partial charge >= 0.3 is 0 Å². The summed E-state index contributed by atoms with van der Waals surface area (Å²) in [5.41, 5.74) is 4.31. The minimum absolute atomic E-state index is 0.00370. The number of rotatable bonds is 9. The van der Waals surface area contributed by atoms with Gasteiger partial charge in [-0.1, -0.05) is 61.0 Å². The van der Waals surface area contributed by atoms with E-state index in [1.807, 2.05) is 65.0 Å². The molecule has 0 heterocycles. The molecule has 2 aromatic carbocycles. The van der Waals surface area contributed by atoms with Crippen molar-refractivity contribution in [2.75, 3.05) is 5.75 Å². The zero-order valence-corrected chi connectivity index (χ0v) is 20.5. The van der Waals surface area contributed by atoms with Crippen LogP contribution in [0.25, 0.3) is 0 Å². The van der Waals surface area contributed by atoms with Crippen LogP contribution in [0, 0.1) is 13.8 Å². The van der Waals surface area contributed by atoms with Gasteiger partial charge in [-0.05, 0) is 57.7 Å². The molecule has 0 aromatic heterocycles. The smallest absolute Gasteiger partial charge is 0.243 e. The molecule has 5 heteroatoms. The van der Waals surface area contributed by atoms with Crippen molar-refractivity contribution in [2.45, 2.75) is 71.8 Å². The monoisotopic (exact) mass is 440 g/mol. The standard InChI is InChI=1S/C26H36N2O2S/c1-7-23(25(30)27-26(4,5)6)28(16-21-13-10-11-19(2)15-21)24(29)18-31-17-22-14-9-8-12-20(22)3/h8-15,23H,7,16-18H2,1-6H3,(H,27,30)/t23-/m1/s1. The molecule has 4 nitrogen and oxygen atoms in total. The van der Waals surface area contributed by atoms with Crippen molar-refractivity contribution in [3.63, 3.8) is 0 Å². The van der Waals surface area contributed by atoms with Gasteiger partial charge in [-0.15, -0.1) is 11.8 Å². The third-order valence-corrected chi connectivity index (χ3v) is 6.03. The van der Waals surface area contributed by atoms with Gasteiger partial charge in [-0.2, -0.15) is 0 Å². The maximum atomic E-state index is 13.3. The Morgan fingerprint density at radius 2 is 1.77 bits per heavy atom. The van der Waals surface area contributed by atoms with Crippen LogP contribution in [0.5, 0.6) is 0 Å². The van der Waals surface area contributed by atoms with Gasteiger partial charge in [0.2, 0.25) is 11.8 Å². The molecule has 168 valence electrons. The molecule has 0 saturated carbocycles. The second-order valence-corrected chi connectivity index (χ2v) is 10.1. The van der Waals surface area contributed by atoms with Gasteiger partial charge in [0.25, 0.3) is 0 Å². The maximum Gasteiger partial charge on any atom is 0.243 e. The zero-order chi connectivity index (χ0) is 23.0. The number of amides is 2. The number of carbonyl (C=O) groups excluding carboxylic acids is 2. The fraction of sp³-hybridized carbons (Fsp3) is 0.462. The number of hydrogen-bond donors (Lipinski definition) is 1. The first-order valence-electron chi connectivity index (χ1n) is 10.9. The zero-order valence-electron chi connectivity index (χ0n) is 19.7. The molecular weight excluding hydrogens is 404 g/mol. The number of carbonyl (C=O) groups is 2. The summed E-state index contributed by atoms with van der Waals surface area (Å²) >= 11 is 1.60. The van der Waals surface area contributed by atoms with E-state index in [0.717, 1.165) is 16.9 Å². The van der Waals surface area contributed by atoms with Gasteiger partial charge in [0.15, 0.2) is 0 Å². The third-order valence-electron chi connectivity index (χ3n) is 5.06. The van der Waals surface area contributed by atoms with Crippen LogP contribution in [0.1, 0.15) is 56.4 Å². The van der Waals surface area contributed by atoms with Crippen LogP contribution in [0.15, 0.2) is 48.5 Å². The molecule has 0 radical (unpaired) electrons. The highest BCUT2D eigenvalue weighted by molar-refractivity contribution is 7.99. The number of nitrogens with one attached hydrogen (secondary N) is 1. The summed E-state index contributed by atoms with van der Waals surface area (Å²) < 4.78 is 0.